The second-order valence-electron chi connectivity index (χ2n) is 5.53. The van der Waals surface area contributed by atoms with Gasteiger partial charge in [0, 0.05) is 12.2 Å². The van der Waals surface area contributed by atoms with Crippen LogP contribution in [0.2, 0.25) is 0 Å². The fourth-order valence-electron chi connectivity index (χ4n) is 1.56. The van der Waals surface area contributed by atoms with E-state index in [1.807, 2.05) is 6.07 Å². The van der Waals surface area contributed by atoms with Crippen molar-refractivity contribution in [3.05, 3.63) is 29.8 Å². The summed E-state index contributed by atoms with van der Waals surface area (Å²) < 4.78 is 39.3. The van der Waals surface area contributed by atoms with Gasteiger partial charge in [-0.2, -0.15) is 13.7 Å². The maximum atomic E-state index is 12.7. The van der Waals surface area contributed by atoms with Crippen LogP contribution in [0.4, 0.5) is 14.4 Å². The number of rotatable bonds is 4. The van der Waals surface area contributed by atoms with Gasteiger partial charge in [-0.15, -0.1) is 3.89 Å². The number of nitriles is 1. The van der Waals surface area contributed by atoms with Crippen molar-refractivity contribution in [3.8, 4) is 6.07 Å². The number of anilines is 1. The highest BCUT2D eigenvalue weighted by Gasteiger charge is 2.25. The normalized spacial score (nSPS) is 11.6. The zero-order chi connectivity index (χ0) is 17.0. The maximum Gasteiger partial charge on any atom is 0.414 e. The average molecular weight is 328 g/mol. The highest BCUT2D eigenvalue weighted by atomic mass is 32.3. The lowest BCUT2D eigenvalue weighted by Gasteiger charge is -2.27. The fourth-order valence-corrected chi connectivity index (χ4v) is 1.96. The third-order valence-corrected chi connectivity index (χ3v) is 3.15. The van der Waals surface area contributed by atoms with Crippen LogP contribution in [0.3, 0.4) is 0 Å². The smallest absolute Gasteiger partial charge is 0.414 e. The SMILES string of the molecule is CC(C)(C)OC(=O)N(CCS(=O)(=O)F)c1ccc(C#N)cc1. The number of amides is 1. The minimum absolute atomic E-state index is 0.317. The molecule has 0 atom stereocenters. The first-order valence-electron chi connectivity index (χ1n) is 6.45. The number of carbonyl (C=O) groups excluding carboxylic acids is 1. The summed E-state index contributed by atoms with van der Waals surface area (Å²) in [5, 5.41) is 8.76. The van der Waals surface area contributed by atoms with E-state index >= 15 is 0 Å². The number of nitrogens with zero attached hydrogens (tertiary/aromatic N) is 2. The molecule has 0 spiro atoms. The summed E-state index contributed by atoms with van der Waals surface area (Å²) in [7, 11) is -4.72. The van der Waals surface area contributed by atoms with Crippen LogP contribution in [-0.4, -0.2) is 32.4 Å². The van der Waals surface area contributed by atoms with Crippen LogP contribution in [0.15, 0.2) is 24.3 Å². The van der Waals surface area contributed by atoms with Gasteiger partial charge in [-0.3, -0.25) is 4.90 Å². The van der Waals surface area contributed by atoms with Gasteiger partial charge in [0.05, 0.1) is 17.4 Å². The Kier molecular flexibility index (Phi) is 5.49. The second kappa shape index (κ2) is 6.75. The lowest BCUT2D eigenvalue weighted by Crippen LogP contribution is -2.39. The summed E-state index contributed by atoms with van der Waals surface area (Å²) in [6.45, 7) is 4.59. The van der Waals surface area contributed by atoms with E-state index in [2.05, 4.69) is 0 Å². The summed E-state index contributed by atoms with van der Waals surface area (Å²) >= 11 is 0. The molecule has 0 fully saturated rings. The van der Waals surface area contributed by atoms with E-state index in [1.165, 1.54) is 24.3 Å². The van der Waals surface area contributed by atoms with Crippen molar-refractivity contribution >= 4 is 22.0 Å². The molecule has 0 aromatic heterocycles. The molecule has 0 aliphatic rings. The molecule has 1 aromatic carbocycles. The molecule has 22 heavy (non-hydrogen) atoms. The highest BCUT2D eigenvalue weighted by Crippen LogP contribution is 2.19. The molecular formula is C14H17FN2O4S. The van der Waals surface area contributed by atoms with E-state index in [4.69, 9.17) is 10.00 Å². The molecule has 1 aromatic rings. The van der Waals surface area contributed by atoms with Crippen molar-refractivity contribution in [2.45, 2.75) is 26.4 Å². The molecule has 120 valence electrons. The Morgan fingerprint density at radius 1 is 1.32 bits per heavy atom. The molecular weight excluding hydrogens is 311 g/mol. The van der Waals surface area contributed by atoms with Crippen LogP contribution in [0.25, 0.3) is 0 Å². The van der Waals surface area contributed by atoms with E-state index in [0.29, 0.717) is 11.3 Å². The molecule has 0 aliphatic carbocycles. The summed E-state index contributed by atoms with van der Waals surface area (Å²) in [6, 6.07) is 7.80. The van der Waals surface area contributed by atoms with E-state index in [9.17, 15) is 17.1 Å². The van der Waals surface area contributed by atoms with Crippen LogP contribution in [0.1, 0.15) is 26.3 Å². The number of hydrogen-bond donors (Lipinski definition) is 0. The van der Waals surface area contributed by atoms with Gasteiger partial charge >= 0.3 is 16.3 Å². The number of ether oxygens (including phenoxy) is 1. The van der Waals surface area contributed by atoms with Crippen LogP contribution >= 0.6 is 0 Å². The van der Waals surface area contributed by atoms with Crippen molar-refractivity contribution in [1.82, 2.24) is 0 Å². The number of benzene rings is 1. The molecule has 0 saturated heterocycles. The van der Waals surface area contributed by atoms with Crippen molar-refractivity contribution in [2.75, 3.05) is 17.2 Å². The highest BCUT2D eigenvalue weighted by molar-refractivity contribution is 7.86. The van der Waals surface area contributed by atoms with E-state index in [1.54, 1.807) is 20.8 Å². The zero-order valence-corrected chi connectivity index (χ0v) is 13.4. The Labute approximate surface area is 129 Å². The lowest BCUT2D eigenvalue weighted by molar-refractivity contribution is 0.0582. The van der Waals surface area contributed by atoms with Crippen LogP contribution in [-0.2, 0) is 15.0 Å². The first-order valence-corrected chi connectivity index (χ1v) is 8.00. The molecule has 0 radical (unpaired) electrons. The predicted octanol–water partition coefficient (Wildman–Crippen LogP) is 2.60. The predicted molar refractivity (Wildman–Crippen MR) is 79.6 cm³/mol. The van der Waals surface area contributed by atoms with Crippen molar-refractivity contribution in [1.29, 1.82) is 5.26 Å². The van der Waals surface area contributed by atoms with Gasteiger partial charge in [-0.25, -0.2) is 4.79 Å². The Bertz CT molecular complexity index is 672. The second-order valence-corrected chi connectivity index (χ2v) is 7.02. The van der Waals surface area contributed by atoms with E-state index < -0.39 is 27.7 Å². The van der Waals surface area contributed by atoms with Crippen molar-refractivity contribution < 1.29 is 21.8 Å². The first-order chi connectivity index (χ1) is 10.0. The van der Waals surface area contributed by atoms with Crippen molar-refractivity contribution in [3.63, 3.8) is 0 Å². The van der Waals surface area contributed by atoms with Gasteiger partial charge in [0.1, 0.15) is 5.60 Å². The zero-order valence-electron chi connectivity index (χ0n) is 12.5. The standard InChI is InChI=1S/C14H17FN2O4S/c1-14(2,3)21-13(18)17(8-9-22(15,19)20)12-6-4-11(10-16)5-7-12/h4-7H,8-9H2,1-3H3. The van der Waals surface area contributed by atoms with Gasteiger partial charge in [0.2, 0.25) is 0 Å². The van der Waals surface area contributed by atoms with Crippen molar-refractivity contribution in [2.24, 2.45) is 0 Å². The van der Waals surface area contributed by atoms with E-state index in [-0.39, 0.29) is 6.54 Å². The third-order valence-electron chi connectivity index (χ3n) is 2.48. The Morgan fingerprint density at radius 3 is 2.27 bits per heavy atom. The fraction of sp³-hybridized carbons (Fsp3) is 0.429. The minimum Gasteiger partial charge on any atom is -0.443 e. The topological polar surface area (TPSA) is 87.5 Å². The Hall–Kier alpha value is -2.14. The van der Waals surface area contributed by atoms with E-state index in [0.717, 1.165) is 4.90 Å². The monoisotopic (exact) mass is 328 g/mol. The minimum atomic E-state index is -4.72. The van der Waals surface area contributed by atoms with Gasteiger partial charge in [-0.1, -0.05) is 0 Å². The molecule has 0 heterocycles. The average Bonchev–Trinajstić information content (AvgIpc) is 2.36. The summed E-state index contributed by atoms with van der Waals surface area (Å²) in [4.78, 5) is 13.2. The lowest BCUT2D eigenvalue weighted by atomic mass is 10.2. The quantitative estimate of drug-likeness (QED) is 0.793. The Balaban J connectivity index is 3.04. The number of hydrogen-bond acceptors (Lipinski definition) is 5. The summed E-state index contributed by atoms with van der Waals surface area (Å²) in [5.74, 6) is -0.841. The third kappa shape index (κ3) is 6.10. The molecule has 1 rings (SSSR count). The maximum absolute atomic E-state index is 12.7. The molecule has 0 saturated carbocycles. The van der Waals surface area contributed by atoms with Gasteiger partial charge < -0.3 is 4.74 Å². The van der Waals surface area contributed by atoms with Crippen LogP contribution in [0.5, 0.6) is 0 Å². The Morgan fingerprint density at radius 2 is 1.86 bits per heavy atom. The molecule has 8 heteroatoms. The first kappa shape index (κ1) is 17.9. The molecule has 6 nitrogen and oxygen atoms in total. The summed E-state index contributed by atoms with van der Waals surface area (Å²) in [6.07, 6.45) is -0.791. The molecule has 0 bridgehead atoms. The van der Waals surface area contributed by atoms with Crippen LogP contribution in [0, 0.1) is 11.3 Å². The molecule has 1 amide bonds. The molecule has 0 unspecified atom stereocenters. The van der Waals surface area contributed by atoms with Gasteiger partial charge in [0.15, 0.2) is 0 Å². The molecule has 0 N–H and O–H groups in total. The van der Waals surface area contributed by atoms with Gasteiger partial charge in [-0.05, 0) is 45.0 Å². The number of carbonyl (C=O) groups is 1. The summed E-state index contributed by atoms with van der Waals surface area (Å²) in [5.41, 5.74) is -0.0841. The van der Waals surface area contributed by atoms with Crippen LogP contribution < -0.4 is 4.90 Å². The number of halogens is 1. The molecule has 0 aliphatic heterocycles. The largest absolute Gasteiger partial charge is 0.443 e. The van der Waals surface area contributed by atoms with Gasteiger partial charge in [0.25, 0.3) is 0 Å².